The van der Waals surface area contributed by atoms with Crippen molar-refractivity contribution in [1.29, 1.82) is 0 Å². The van der Waals surface area contributed by atoms with Crippen LogP contribution in [-0.4, -0.2) is 25.2 Å². The van der Waals surface area contributed by atoms with Crippen molar-refractivity contribution >= 4 is 22.5 Å². The minimum Gasteiger partial charge on any atom is -0.496 e. The lowest BCUT2D eigenvalue weighted by Gasteiger charge is -2.12. The molecule has 0 radical (unpaired) electrons. The van der Waals surface area contributed by atoms with Crippen molar-refractivity contribution in [2.24, 2.45) is 0 Å². The van der Waals surface area contributed by atoms with E-state index >= 15 is 0 Å². The summed E-state index contributed by atoms with van der Waals surface area (Å²) in [6.45, 7) is 4.24. The van der Waals surface area contributed by atoms with Gasteiger partial charge in [-0.05, 0) is 36.2 Å². The Balaban J connectivity index is 2.07. The van der Waals surface area contributed by atoms with Crippen LogP contribution >= 0.6 is 11.8 Å². The van der Waals surface area contributed by atoms with E-state index < -0.39 is 0 Å². The number of ether oxygens (including phenoxy) is 1. The van der Waals surface area contributed by atoms with Crippen LogP contribution in [0.2, 0.25) is 0 Å². The van der Waals surface area contributed by atoms with Crippen LogP contribution in [0.15, 0.2) is 36.4 Å². The lowest BCUT2D eigenvalue weighted by atomic mass is 10.0. The van der Waals surface area contributed by atoms with Gasteiger partial charge in [0.05, 0.1) is 7.11 Å². The summed E-state index contributed by atoms with van der Waals surface area (Å²) in [5.74, 6) is 0.945. The minimum absolute atomic E-state index is 0.718. The Bertz CT molecular complexity index is 556. The van der Waals surface area contributed by atoms with E-state index in [-0.39, 0.29) is 0 Å². The Morgan fingerprint density at radius 3 is 2.60 bits per heavy atom. The van der Waals surface area contributed by atoms with Crippen LogP contribution in [0.3, 0.4) is 0 Å². The molecule has 108 valence electrons. The summed E-state index contributed by atoms with van der Waals surface area (Å²) in [5, 5.41) is 6.72. The molecule has 3 heteroatoms. The maximum Gasteiger partial charge on any atom is 0.126 e. The first kappa shape index (κ1) is 15.2. The van der Waals surface area contributed by atoms with Crippen LogP contribution in [0.25, 0.3) is 10.8 Å². The number of methoxy groups -OCH3 is 1. The number of thioether (sulfide) groups is 1. The molecule has 0 fully saturated rings. The summed E-state index contributed by atoms with van der Waals surface area (Å²) < 4.78 is 5.43. The molecule has 1 atom stereocenters. The van der Waals surface area contributed by atoms with Gasteiger partial charge in [-0.2, -0.15) is 11.8 Å². The Kier molecular flexibility index (Phi) is 5.74. The molecule has 2 rings (SSSR count). The first-order valence-corrected chi connectivity index (χ1v) is 8.33. The zero-order valence-corrected chi connectivity index (χ0v) is 13.3. The maximum absolute atomic E-state index is 5.43. The summed E-state index contributed by atoms with van der Waals surface area (Å²) in [6.07, 6.45) is 3.37. The highest BCUT2D eigenvalue weighted by molar-refractivity contribution is 7.99. The summed E-state index contributed by atoms with van der Waals surface area (Å²) in [6, 6.07) is 12.6. The number of fused-ring (bicyclic) bond motifs is 1. The van der Waals surface area contributed by atoms with Crippen molar-refractivity contribution in [2.45, 2.75) is 25.1 Å². The van der Waals surface area contributed by atoms with E-state index in [0.29, 0.717) is 0 Å². The van der Waals surface area contributed by atoms with Crippen LogP contribution in [0.1, 0.15) is 18.9 Å². The second-order valence-corrected chi connectivity index (χ2v) is 6.26. The molecule has 0 amide bonds. The summed E-state index contributed by atoms with van der Waals surface area (Å²) in [7, 11) is 1.73. The van der Waals surface area contributed by atoms with Crippen LogP contribution in [0.5, 0.6) is 5.75 Å². The Morgan fingerprint density at radius 2 is 1.90 bits per heavy atom. The maximum atomic E-state index is 5.43. The van der Waals surface area contributed by atoms with Gasteiger partial charge in [0.2, 0.25) is 0 Å². The number of benzene rings is 2. The largest absolute Gasteiger partial charge is 0.496 e. The molecule has 0 aliphatic rings. The molecule has 0 saturated carbocycles. The highest BCUT2D eigenvalue weighted by Gasteiger charge is 2.06. The third-order valence-corrected chi connectivity index (χ3v) is 4.68. The number of rotatable bonds is 7. The fourth-order valence-electron chi connectivity index (χ4n) is 2.31. The molecule has 20 heavy (non-hydrogen) atoms. The predicted molar refractivity (Wildman–Crippen MR) is 89.8 cm³/mol. The van der Waals surface area contributed by atoms with Crippen LogP contribution < -0.4 is 10.1 Å². The number of nitrogens with one attached hydrogen (secondary N) is 1. The molecule has 0 aliphatic carbocycles. The Hall–Kier alpha value is -1.19. The third-order valence-electron chi connectivity index (χ3n) is 3.64. The molecule has 0 aromatic heterocycles. The van der Waals surface area contributed by atoms with E-state index in [0.717, 1.165) is 24.1 Å². The van der Waals surface area contributed by atoms with Crippen molar-refractivity contribution in [2.75, 3.05) is 19.9 Å². The highest BCUT2D eigenvalue weighted by atomic mass is 32.2. The van der Waals surface area contributed by atoms with Crippen LogP contribution in [-0.2, 0) is 6.54 Å². The normalized spacial score (nSPS) is 12.6. The van der Waals surface area contributed by atoms with Crippen molar-refractivity contribution in [3.63, 3.8) is 0 Å². The second kappa shape index (κ2) is 7.55. The van der Waals surface area contributed by atoms with Gasteiger partial charge in [-0.1, -0.05) is 37.3 Å². The van der Waals surface area contributed by atoms with E-state index in [1.807, 2.05) is 11.8 Å². The first-order valence-electron chi connectivity index (χ1n) is 7.04. The molecule has 1 N–H and O–H groups in total. The lowest BCUT2D eigenvalue weighted by molar-refractivity contribution is 0.419. The third kappa shape index (κ3) is 3.68. The minimum atomic E-state index is 0.718. The topological polar surface area (TPSA) is 21.3 Å². The van der Waals surface area contributed by atoms with Crippen LogP contribution in [0, 0.1) is 0 Å². The summed E-state index contributed by atoms with van der Waals surface area (Å²) >= 11 is 1.92. The number of hydrogen-bond acceptors (Lipinski definition) is 3. The van der Waals surface area contributed by atoms with Crippen molar-refractivity contribution < 1.29 is 4.74 Å². The number of hydrogen-bond donors (Lipinski definition) is 1. The average molecular weight is 289 g/mol. The fraction of sp³-hybridized carbons (Fsp3) is 0.412. The van der Waals surface area contributed by atoms with Crippen LogP contribution in [0.4, 0.5) is 0 Å². The van der Waals surface area contributed by atoms with E-state index in [1.54, 1.807) is 7.11 Å². The summed E-state index contributed by atoms with van der Waals surface area (Å²) in [5.41, 5.74) is 1.33. The van der Waals surface area contributed by atoms with Gasteiger partial charge in [0.1, 0.15) is 5.75 Å². The zero-order valence-electron chi connectivity index (χ0n) is 12.5. The average Bonchev–Trinajstić information content (AvgIpc) is 2.51. The standard InChI is InChI=1S/C17H23NOS/c1-13(20-3)10-11-18-12-14-8-9-17(19-2)16-7-5-4-6-15(14)16/h4-9,13,18H,10-12H2,1-3H3. The van der Waals surface area contributed by atoms with Gasteiger partial charge in [-0.15, -0.1) is 0 Å². The van der Waals surface area contributed by atoms with Gasteiger partial charge in [0.25, 0.3) is 0 Å². The molecule has 0 spiro atoms. The first-order chi connectivity index (χ1) is 9.76. The Labute approximate surface area is 125 Å². The monoisotopic (exact) mass is 289 g/mol. The molecule has 2 aromatic carbocycles. The molecule has 0 aliphatic heterocycles. The second-order valence-electron chi connectivity index (χ2n) is 4.98. The molecular formula is C17H23NOS. The van der Waals surface area contributed by atoms with E-state index in [2.05, 4.69) is 54.9 Å². The summed E-state index contributed by atoms with van der Waals surface area (Å²) in [4.78, 5) is 0. The van der Waals surface area contributed by atoms with E-state index in [4.69, 9.17) is 4.74 Å². The van der Waals surface area contributed by atoms with Gasteiger partial charge in [-0.25, -0.2) is 0 Å². The highest BCUT2D eigenvalue weighted by Crippen LogP contribution is 2.28. The van der Waals surface area contributed by atoms with E-state index in [1.165, 1.54) is 22.8 Å². The van der Waals surface area contributed by atoms with Gasteiger partial charge < -0.3 is 10.1 Å². The predicted octanol–water partition coefficient (Wildman–Crippen LogP) is 4.08. The van der Waals surface area contributed by atoms with Crippen molar-refractivity contribution in [3.05, 3.63) is 42.0 Å². The SMILES string of the molecule is COc1ccc(CNCCC(C)SC)c2ccccc12. The molecule has 1 unspecified atom stereocenters. The quantitative estimate of drug-likeness (QED) is 0.776. The molecule has 0 saturated heterocycles. The van der Waals surface area contributed by atoms with Gasteiger partial charge >= 0.3 is 0 Å². The molecule has 0 bridgehead atoms. The van der Waals surface area contributed by atoms with E-state index in [9.17, 15) is 0 Å². The van der Waals surface area contributed by atoms with Crippen molar-refractivity contribution in [1.82, 2.24) is 5.32 Å². The van der Waals surface area contributed by atoms with Gasteiger partial charge in [0, 0.05) is 17.2 Å². The molecule has 2 aromatic rings. The smallest absolute Gasteiger partial charge is 0.126 e. The zero-order chi connectivity index (χ0) is 14.4. The molecular weight excluding hydrogens is 266 g/mol. The fourth-order valence-corrected chi connectivity index (χ4v) is 2.67. The molecule has 0 heterocycles. The van der Waals surface area contributed by atoms with Crippen molar-refractivity contribution in [3.8, 4) is 5.75 Å². The van der Waals surface area contributed by atoms with Gasteiger partial charge in [0.15, 0.2) is 0 Å². The lowest BCUT2D eigenvalue weighted by Crippen LogP contribution is -2.17. The van der Waals surface area contributed by atoms with Gasteiger partial charge in [-0.3, -0.25) is 0 Å². The molecule has 2 nitrogen and oxygen atoms in total. The Morgan fingerprint density at radius 1 is 1.15 bits per heavy atom.